The van der Waals surface area contributed by atoms with Crippen molar-refractivity contribution in [3.63, 3.8) is 0 Å². The predicted molar refractivity (Wildman–Crippen MR) is 83.8 cm³/mol. The quantitative estimate of drug-likeness (QED) is 0.912. The Labute approximate surface area is 131 Å². The number of amides is 1. The van der Waals surface area contributed by atoms with E-state index in [-0.39, 0.29) is 11.3 Å². The van der Waals surface area contributed by atoms with Gasteiger partial charge in [-0.15, -0.1) is 0 Å². The van der Waals surface area contributed by atoms with Crippen LogP contribution >= 0.6 is 0 Å². The summed E-state index contributed by atoms with van der Waals surface area (Å²) in [6.45, 7) is 8.74. The molecular formula is C17H24N2O3. The summed E-state index contributed by atoms with van der Waals surface area (Å²) in [5, 5.41) is 9.36. The van der Waals surface area contributed by atoms with Gasteiger partial charge in [0.1, 0.15) is 11.7 Å². The first-order valence-corrected chi connectivity index (χ1v) is 7.70. The molecule has 0 bridgehead atoms. The topological polar surface area (TPSA) is 70.5 Å². The molecule has 2 rings (SSSR count). The highest BCUT2D eigenvalue weighted by atomic mass is 16.4. The largest absolute Gasteiger partial charge is 0.480 e. The van der Waals surface area contributed by atoms with Crippen LogP contribution in [0.4, 0.5) is 0 Å². The van der Waals surface area contributed by atoms with Crippen LogP contribution in [-0.2, 0) is 10.2 Å². The summed E-state index contributed by atoms with van der Waals surface area (Å²) in [4.78, 5) is 29.7. The number of aromatic nitrogens is 1. The number of nitrogens with zero attached hydrogens (tertiary/aromatic N) is 2. The Morgan fingerprint density at radius 2 is 2.00 bits per heavy atom. The first-order valence-electron chi connectivity index (χ1n) is 7.70. The van der Waals surface area contributed by atoms with Crippen molar-refractivity contribution in [2.75, 3.05) is 6.54 Å². The van der Waals surface area contributed by atoms with Gasteiger partial charge in [-0.2, -0.15) is 0 Å². The van der Waals surface area contributed by atoms with Crippen LogP contribution < -0.4 is 0 Å². The Morgan fingerprint density at radius 3 is 2.50 bits per heavy atom. The van der Waals surface area contributed by atoms with Crippen LogP contribution in [0.25, 0.3) is 0 Å². The van der Waals surface area contributed by atoms with Crippen molar-refractivity contribution in [3.8, 4) is 0 Å². The van der Waals surface area contributed by atoms with Crippen molar-refractivity contribution in [3.05, 3.63) is 29.6 Å². The van der Waals surface area contributed by atoms with Crippen LogP contribution in [0.3, 0.4) is 0 Å². The molecular weight excluding hydrogens is 280 g/mol. The highest BCUT2D eigenvalue weighted by Gasteiger charge is 2.35. The number of aliphatic carboxylic acids is 1. The molecule has 5 nitrogen and oxygen atoms in total. The molecule has 0 aliphatic carbocycles. The molecule has 0 aromatic carbocycles. The molecule has 2 heterocycles. The van der Waals surface area contributed by atoms with Crippen molar-refractivity contribution < 1.29 is 14.7 Å². The minimum Gasteiger partial charge on any atom is -0.480 e. The Bertz CT molecular complexity index is 560. The first kappa shape index (κ1) is 16.5. The van der Waals surface area contributed by atoms with Crippen LogP contribution in [-0.4, -0.2) is 39.5 Å². The molecule has 1 amide bonds. The Kier molecular flexibility index (Phi) is 4.54. The summed E-state index contributed by atoms with van der Waals surface area (Å²) >= 11 is 0. The second-order valence-corrected chi connectivity index (χ2v) is 7.16. The standard InChI is InChI=1S/C17H24N2O3/c1-11-7-8-19(14(9-11)16(21)22)15(20)13-6-5-12(10-18-13)17(2,3)4/h5-6,10-11,14H,7-9H2,1-4H3,(H,21,22). The number of carboxylic acids is 1. The van der Waals surface area contributed by atoms with Gasteiger partial charge in [-0.1, -0.05) is 33.8 Å². The molecule has 120 valence electrons. The normalized spacial score (nSPS) is 22.5. The lowest BCUT2D eigenvalue weighted by Gasteiger charge is -2.35. The summed E-state index contributed by atoms with van der Waals surface area (Å²) in [7, 11) is 0. The Morgan fingerprint density at radius 1 is 1.32 bits per heavy atom. The van der Waals surface area contributed by atoms with E-state index in [2.05, 4.69) is 25.8 Å². The molecule has 1 aromatic rings. The molecule has 2 unspecified atom stereocenters. The summed E-state index contributed by atoms with van der Waals surface area (Å²) in [6, 6.07) is 2.84. The molecule has 5 heteroatoms. The fourth-order valence-electron chi connectivity index (χ4n) is 2.73. The summed E-state index contributed by atoms with van der Waals surface area (Å²) < 4.78 is 0. The third kappa shape index (κ3) is 3.46. The lowest BCUT2D eigenvalue weighted by molar-refractivity contribution is -0.144. The smallest absolute Gasteiger partial charge is 0.326 e. The number of rotatable bonds is 2. The van der Waals surface area contributed by atoms with Crippen LogP contribution in [0.2, 0.25) is 0 Å². The van der Waals surface area contributed by atoms with Gasteiger partial charge < -0.3 is 10.0 Å². The van der Waals surface area contributed by atoms with Crippen molar-refractivity contribution in [2.24, 2.45) is 5.92 Å². The van der Waals surface area contributed by atoms with E-state index in [9.17, 15) is 14.7 Å². The van der Waals surface area contributed by atoms with E-state index in [4.69, 9.17) is 0 Å². The Hall–Kier alpha value is -1.91. The van der Waals surface area contributed by atoms with Gasteiger partial charge in [-0.25, -0.2) is 4.79 Å². The average molecular weight is 304 g/mol. The van der Waals surface area contributed by atoms with E-state index in [0.29, 0.717) is 24.6 Å². The lowest BCUT2D eigenvalue weighted by Crippen LogP contribution is -2.50. The maximum absolute atomic E-state index is 12.6. The SMILES string of the molecule is CC1CCN(C(=O)c2ccc(C(C)(C)C)cn2)C(C(=O)O)C1. The second-order valence-electron chi connectivity index (χ2n) is 7.16. The van der Waals surface area contributed by atoms with E-state index in [1.165, 1.54) is 4.90 Å². The number of pyridine rings is 1. The molecule has 2 atom stereocenters. The highest BCUT2D eigenvalue weighted by molar-refractivity contribution is 5.95. The number of carboxylic acid groups (broad SMARTS) is 1. The molecule has 1 aliphatic rings. The van der Waals surface area contributed by atoms with Gasteiger partial charge in [-0.05, 0) is 35.8 Å². The minimum atomic E-state index is -0.939. The molecule has 1 aromatic heterocycles. The van der Waals surface area contributed by atoms with Crippen molar-refractivity contribution >= 4 is 11.9 Å². The summed E-state index contributed by atoms with van der Waals surface area (Å²) in [5.74, 6) is -0.910. The highest BCUT2D eigenvalue weighted by Crippen LogP contribution is 2.25. The summed E-state index contributed by atoms with van der Waals surface area (Å²) in [6.07, 6.45) is 3.03. The van der Waals surface area contributed by atoms with Gasteiger partial charge >= 0.3 is 5.97 Å². The molecule has 1 N–H and O–H groups in total. The predicted octanol–water partition coefficient (Wildman–Crippen LogP) is 2.70. The van der Waals surface area contributed by atoms with Crippen LogP contribution in [0.15, 0.2) is 18.3 Å². The fourth-order valence-corrected chi connectivity index (χ4v) is 2.73. The van der Waals surface area contributed by atoms with E-state index in [1.807, 2.05) is 13.0 Å². The zero-order valence-electron chi connectivity index (χ0n) is 13.7. The maximum atomic E-state index is 12.6. The number of carbonyl (C=O) groups excluding carboxylic acids is 1. The molecule has 1 fully saturated rings. The van der Waals surface area contributed by atoms with E-state index >= 15 is 0 Å². The van der Waals surface area contributed by atoms with Gasteiger partial charge in [0.05, 0.1) is 0 Å². The van der Waals surface area contributed by atoms with E-state index in [1.54, 1.807) is 12.3 Å². The van der Waals surface area contributed by atoms with E-state index < -0.39 is 12.0 Å². The van der Waals surface area contributed by atoms with Gasteiger partial charge in [-0.3, -0.25) is 9.78 Å². The zero-order chi connectivity index (χ0) is 16.5. The van der Waals surface area contributed by atoms with Crippen molar-refractivity contribution in [2.45, 2.75) is 52.0 Å². The lowest BCUT2D eigenvalue weighted by atomic mass is 9.88. The first-order chi connectivity index (χ1) is 10.2. The van der Waals surface area contributed by atoms with E-state index in [0.717, 1.165) is 12.0 Å². The minimum absolute atomic E-state index is 0.0290. The van der Waals surface area contributed by atoms with Gasteiger partial charge in [0, 0.05) is 12.7 Å². The number of hydrogen-bond donors (Lipinski definition) is 1. The van der Waals surface area contributed by atoms with Crippen LogP contribution in [0.1, 0.15) is 56.6 Å². The molecule has 1 aliphatic heterocycles. The second kappa shape index (κ2) is 6.07. The van der Waals surface area contributed by atoms with Crippen molar-refractivity contribution in [1.29, 1.82) is 0 Å². The summed E-state index contributed by atoms with van der Waals surface area (Å²) in [5.41, 5.74) is 1.33. The average Bonchev–Trinajstić information content (AvgIpc) is 2.45. The number of carbonyl (C=O) groups is 2. The number of likely N-dealkylation sites (tertiary alicyclic amines) is 1. The van der Waals surface area contributed by atoms with Gasteiger partial charge in [0.25, 0.3) is 5.91 Å². The molecule has 0 saturated carbocycles. The van der Waals surface area contributed by atoms with Crippen molar-refractivity contribution in [1.82, 2.24) is 9.88 Å². The molecule has 0 spiro atoms. The third-order valence-corrected chi connectivity index (χ3v) is 4.26. The fraction of sp³-hybridized carbons (Fsp3) is 0.588. The number of piperidine rings is 1. The maximum Gasteiger partial charge on any atom is 0.326 e. The third-order valence-electron chi connectivity index (χ3n) is 4.26. The molecule has 22 heavy (non-hydrogen) atoms. The zero-order valence-corrected chi connectivity index (χ0v) is 13.7. The van der Waals surface area contributed by atoms with Crippen LogP contribution in [0, 0.1) is 5.92 Å². The Balaban J connectivity index is 2.21. The number of hydrogen-bond acceptors (Lipinski definition) is 3. The molecule has 1 saturated heterocycles. The van der Waals surface area contributed by atoms with Gasteiger partial charge in [0.2, 0.25) is 0 Å². The molecule has 0 radical (unpaired) electrons. The van der Waals surface area contributed by atoms with Crippen LogP contribution in [0.5, 0.6) is 0 Å². The monoisotopic (exact) mass is 304 g/mol. The van der Waals surface area contributed by atoms with Gasteiger partial charge in [0.15, 0.2) is 0 Å².